The van der Waals surface area contributed by atoms with E-state index >= 15 is 0 Å². The molecular weight excluding hydrogens is 234 g/mol. The molecule has 0 unspecified atom stereocenters. The molecule has 1 heterocycles. The Hall–Kier alpha value is -0.970. The molecule has 0 fully saturated rings. The number of aryl methyl sites for hydroxylation is 1. The number of nitrogens with zero attached hydrogens (tertiary/aromatic N) is 2. The highest BCUT2D eigenvalue weighted by Crippen LogP contribution is 2.14. The van der Waals surface area contributed by atoms with E-state index in [1.807, 2.05) is 6.92 Å². The number of carbonyl (C=O) groups is 1. The summed E-state index contributed by atoms with van der Waals surface area (Å²) in [6.07, 6.45) is 7.78. The first-order chi connectivity index (χ1) is 8.22. The molecular formula is C12H21N3OS. The van der Waals surface area contributed by atoms with Gasteiger partial charge in [-0.25, -0.2) is 0 Å². The van der Waals surface area contributed by atoms with Gasteiger partial charge >= 0.3 is 0 Å². The standard InChI is InChI=1S/C12H21N3OS/c1-3-4-5-6-7-8-9-11(16)13-12-15-14-10(2)17-12/h3-9H2,1-2H3,(H,13,15,16). The average molecular weight is 255 g/mol. The molecule has 0 saturated carbocycles. The lowest BCUT2D eigenvalue weighted by Crippen LogP contribution is -2.10. The Balaban J connectivity index is 2.05. The molecule has 1 amide bonds. The second kappa shape index (κ2) is 8.17. The molecule has 1 rings (SSSR count). The van der Waals surface area contributed by atoms with Crippen LogP contribution in [0.25, 0.3) is 0 Å². The third-order valence-corrected chi connectivity index (χ3v) is 3.28. The van der Waals surface area contributed by atoms with Gasteiger partial charge in [0.05, 0.1) is 0 Å². The summed E-state index contributed by atoms with van der Waals surface area (Å²) in [5.41, 5.74) is 0. The third kappa shape index (κ3) is 6.36. The zero-order chi connectivity index (χ0) is 12.5. The average Bonchev–Trinajstić information content (AvgIpc) is 2.69. The SMILES string of the molecule is CCCCCCCCC(=O)Nc1nnc(C)s1. The zero-order valence-electron chi connectivity index (χ0n) is 10.7. The molecule has 17 heavy (non-hydrogen) atoms. The quantitative estimate of drug-likeness (QED) is 0.723. The van der Waals surface area contributed by atoms with Gasteiger partial charge in [-0.05, 0) is 13.3 Å². The maximum Gasteiger partial charge on any atom is 0.226 e. The number of nitrogens with one attached hydrogen (secondary N) is 1. The summed E-state index contributed by atoms with van der Waals surface area (Å²) in [6, 6.07) is 0. The molecule has 1 N–H and O–H groups in total. The van der Waals surface area contributed by atoms with Gasteiger partial charge in [0, 0.05) is 6.42 Å². The molecule has 0 atom stereocenters. The van der Waals surface area contributed by atoms with E-state index in [2.05, 4.69) is 22.4 Å². The first-order valence-corrected chi connectivity index (χ1v) is 7.14. The Labute approximate surface area is 107 Å². The van der Waals surface area contributed by atoms with Crippen molar-refractivity contribution in [2.45, 2.75) is 58.8 Å². The van der Waals surface area contributed by atoms with Crippen LogP contribution in [0.3, 0.4) is 0 Å². The predicted octanol–water partition coefficient (Wildman–Crippen LogP) is 3.54. The Morgan fingerprint density at radius 3 is 2.53 bits per heavy atom. The van der Waals surface area contributed by atoms with Crippen molar-refractivity contribution in [1.29, 1.82) is 0 Å². The smallest absolute Gasteiger partial charge is 0.226 e. The molecule has 0 bridgehead atoms. The summed E-state index contributed by atoms with van der Waals surface area (Å²) in [4.78, 5) is 11.5. The topological polar surface area (TPSA) is 54.9 Å². The van der Waals surface area contributed by atoms with Gasteiger partial charge in [0.25, 0.3) is 0 Å². The van der Waals surface area contributed by atoms with Crippen molar-refractivity contribution < 1.29 is 4.79 Å². The van der Waals surface area contributed by atoms with Crippen molar-refractivity contribution >= 4 is 22.4 Å². The Morgan fingerprint density at radius 2 is 1.88 bits per heavy atom. The lowest BCUT2D eigenvalue weighted by Gasteiger charge is -2.01. The minimum Gasteiger partial charge on any atom is -0.301 e. The van der Waals surface area contributed by atoms with Crippen LogP contribution < -0.4 is 5.32 Å². The minimum atomic E-state index is 0.0524. The molecule has 4 nitrogen and oxygen atoms in total. The highest BCUT2D eigenvalue weighted by Gasteiger charge is 2.05. The summed E-state index contributed by atoms with van der Waals surface area (Å²) in [5, 5.41) is 12.0. The third-order valence-electron chi connectivity index (χ3n) is 2.53. The number of hydrogen-bond donors (Lipinski definition) is 1. The molecule has 1 aromatic heterocycles. The van der Waals surface area contributed by atoms with Crippen LogP contribution in [0.2, 0.25) is 0 Å². The second-order valence-corrected chi connectivity index (χ2v) is 5.37. The fourth-order valence-corrected chi connectivity index (χ4v) is 2.20. The molecule has 0 aromatic carbocycles. The largest absolute Gasteiger partial charge is 0.301 e. The molecule has 5 heteroatoms. The number of anilines is 1. The van der Waals surface area contributed by atoms with E-state index in [0.717, 1.165) is 17.8 Å². The van der Waals surface area contributed by atoms with E-state index < -0.39 is 0 Å². The first-order valence-electron chi connectivity index (χ1n) is 6.32. The van der Waals surface area contributed by atoms with Crippen molar-refractivity contribution in [3.8, 4) is 0 Å². The van der Waals surface area contributed by atoms with Crippen LogP contribution >= 0.6 is 11.3 Å². The van der Waals surface area contributed by atoms with E-state index in [0.29, 0.717) is 11.6 Å². The van der Waals surface area contributed by atoms with Crippen molar-refractivity contribution in [2.75, 3.05) is 5.32 Å². The molecule has 96 valence electrons. The van der Waals surface area contributed by atoms with Gasteiger partial charge < -0.3 is 5.32 Å². The molecule has 0 saturated heterocycles. The Kier molecular flexibility index (Phi) is 6.77. The van der Waals surface area contributed by atoms with Crippen LogP contribution in [0.5, 0.6) is 0 Å². The first kappa shape index (κ1) is 14.1. The van der Waals surface area contributed by atoms with Crippen LogP contribution in [0.15, 0.2) is 0 Å². The molecule has 0 radical (unpaired) electrons. The van der Waals surface area contributed by atoms with Gasteiger partial charge in [0.2, 0.25) is 11.0 Å². The molecule has 1 aromatic rings. The molecule has 0 spiro atoms. The van der Waals surface area contributed by atoms with Gasteiger partial charge in [-0.2, -0.15) is 0 Å². The predicted molar refractivity (Wildman–Crippen MR) is 71.3 cm³/mol. The monoisotopic (exact) mass is 255 g/mol. The van der Waals surface area contributed by atoms with Crippen LogP contribution in [0.1, 0.15) is 56.9 Å². The fraction of sp³-hybridized carbons (Fsp3) is 0.750. The molecule has 0 aliphatic carbocycles. The highest BCUT2D eigenvalue weighted by atomic mass is 32.1. The zero-order valence-corrected chi connectivity index (χ0v) is 11.5. The molecule has 0 aliphatic heterocycles. The number of rotatable bonds is 8. The normalized spacial score (nSPS) is 10.5. The van der Waals surface area contributed by atoms with Crippen LogP contribution in [0, 0.1) is 6.92 Å². The van der Waals surface area contributed by atoms with E-state index in [1.165, 1.54) is 37.0 Å². The second-order valence-electron chi connectivity index (χ2n) is 4.19. The number of aromatic nitrogens is 2. The fourth-order valence-electron chi connectivity index (χ4n) is 1.59. The van der Waals surface area contributed by atoms with Gasteiger partial charge in [0.1, 0.15) is 5.01 Å². The lowest BCUT2D eigenvalue weighted by molar-refractivity contribution is -0.116. The minimum absolute atomic E-state index is 0.0524. The van der Waals surface area contributed by atoms with E-state index in [1.54, 1.807) is 0 Å². The summed E-state index contributed by atoms with van der Waals surface area (Å²) < 4.78 is 0. The molecule has 0 aliphatic rings. The number of amides is 1. The number of carbonyl (C=O) groups excluding carboxylic acids is 1. The van der Waals surface area contributed by atoms with E-state index in [-0.39, 0.29) is 5.91 Å². The van der Waals surface area contributed by atoms with Crippen molar-refractivity contribution in [2.24, 2.45) is 0 Å². The highest BCUT2D eigenvalue weighted by molar-refractivity contribution is 7.15. The summed E-state index contributed by atoms with van der Waals surface area (Å²) in [7, 11) is 0. The maximum absolute atomic E-state index is 11.5. The summed E-state index contributed by atoms with van der Waals surface area (Å²) in [5.74, 6) is 0.0524. The van der Waals surface area contributed by atoms with E-state index in [4.69, 9.17) is 0 Å². The van der Waals surface area contributed by atoms with Crippen LogP contribution in [-0.2, 0) is 4.79 Å². The lowest BCUT2D eigenvalue weighted by atomic mass is 10.1. The number of unbranched alkanes of at least 4 members (excludes halogenated alkanes) is 5. The van der Waals surface area contributed by atoms with Gasteiger partial charge in [-0.1, -0.05) is 50.4 Å². The summed E-state index contributed by atoms with van der Waals surface area (Å²) >= 11 is 1.41. The number of hydrogen-bond acceptors (Lipinski definition) is 4. The van der Waals surface area contributed by atoms with Crippen molar-refractivity contribution in [1.82, 2.24) is 10.2 Å². The van der Waals surface area contributed by atoms with Gasteiger partial charge in [-0.3, -0.25) is 4.79 Å². The van der Waals surface area contributed by atoms with Crippen molar-refractivity contribution in [3.63, 3.8) is 0 Å². The Morgan fingerprint density at radius 1 is 1.18 bits per heavy atom. The Bertz CT molecular complexity index is 338. The van der Waals surface area contributed by atoms with Gasteiger partial charge in [-0.15, -0.1) is 10.2 Å². The van der Waals surface area contributed by atoms with Crippen LogP contribution in [0.4, 0.5) is 5.13 Å². The van der Waals surface area contributed by atoms with Gasteiger partial charge in [0.15, 0.2) is 0 Å². The van der Waals surface area contributed by atoms with Crippen molar-refractivity contribution in [3.05, 3.63) is 5.01 Å². The summed E-state index contributed by atoms with van der Waals surface area (Å²) in [6.45, 7) is 4.08. The van der Waals surface area contributed by atoms with E-state index in [9.17, 15) is 4.79 Å². The van der Waals surface area contributed by atoms with Crippen LogP contribution in [-0.4, -0.2) is 16.1 Å². The maximum atomic E-state index is 11.5.